The van der Waals surface area contributed by atoms with Gasteiger partial charge in [0.2, 0.25) is 6.29 Å². The van der Waals surface area contributed by atoms with Crippen molar-refractivity contribution >= 4 is 22.3 Å². The number of para-hydroxylation sites is 2. The normalized spacial score (nSPS) is 18.6. The summed E-state index contributed by atoms with van der Waals surface area (Å²) in [5, 5.41) is 14.2. The molecule has 1 unspecified atom stereocenters. The molecule has 0 amide bonds. The molecule has 0 aliphatic carbocycles. The number of likely N-dealkylation sites (N-methyl/N-ethyl adjacent to an activating group) is 1. The maximum absolute atomic E-state index is 6.35. The second-order valence-corrected chi connectivity index (χ2v) is 8.53. The van der Waals surface area contributed by atoms with Gasteiger partial charge in [0.05, 0.1) is 24.5 Å². The van der Waals surface area contributed by atoms with Crippen LogP contribution in [0.3, 0.4) is 0 Å². The van der Waals surface area contributed by atoms with Gasteiger partial charge in [-0.1, -0.05) is 24.3 Å². The van der Waals surface area contributed by atoms with E-state index in [1.54, 1.807) is 13.3 Å². The van der Waals surface area contributed by atoms with Crippen molar-refractivity contribution in [2.75, 3.05) is 50.7 Å². The Morgan fingerprint density at radius 3 is 2.62 bits per heavy atom. The van der Waals surface area contributed by atoms with E-state index < -0.39 is 0 Å². The number of aromatic nitrogens is 3. The molecule has 9 heteroatoms. The maximum Gasteiger partial charge on any atom is 0.262 e. The first-order valence-electron chi connectivity index (χ1n) is 11.4. The van der Waals surface area contributed by atoms with Crippen LogP contribution in [-0.4, -0.2) is 65.0 Å². The molecule has 0 spiro atoms. The number of hydrogen-bond donors (Lipinski definition) is 1. The van der Waals surface area contributed by atoms with Gasteiger partial charge in [-0.3, -0.25) is 5.01 Å². The lowest BCUT2D eigenvalue weighted by molar-refractivity contribution is 0.123. The summed E-state index contributed by atoms with van der Waals surface area (Å²) in [5.41, 5.74) is 3.01. The fourth-order valence-corrected chi connectivity index (χ4v) is 4.65. The minimum atomic E-state index is -0.228. The lowest BCUT2D eigenvalue weighted by Crippen LogP contribution is -2.54. The Balaban J connectivity index is 1.45. The molecule has 1 atom stereocenters. The molecule has 0 saturated carbocycles. The Kier molecular flexibility index (Phi) is 5.20. The van der Waals surface area contributed by atoms with E-state index in [4.69, 9.17) is 14.6 Å². The second kappa shape index (κ2) is 8.51. The van der Waals surface area contributed by atoms with Gasteiger partial charge in [0.15, 0.2) is 11.5 Å². The summed E-state index contributed by atoms with van der Waals surface area (Å²) < 4.78 is 13.9. The molecule has 6 rings (SSSR count). The molecular weight excluding hydrogens is 430 g/mol. The largest absolute Gasteiger partial charge is 0.491 e. The number of methoxy groups -OCH3 is 1. The Morgan fingerprint density at radius 2 is 1.76 bits per heavy atom. The molecule has 4 aromatic rings. The Labute approximate surface area is 198 Å². The van der Waals surface area contributed by atoms with Crippen molar-refractivity contribution in [2.45, 2.75) is 6.29 Å². The lowest BCUT2D eigenvalue weighted by atomic mass is 10.2. The minimum Gasteiger partial charge on any atom is -0.491 e. The fraction of sp³-hybridized carbons (Fsp3) is 0.280. The van der Waals surface area contributed by atoms with Gasteiger partial charge in [-0.2, -0.15) is 5.10 Å². The average Bonchev–Trinajstić information content (AvgIpc) is 3.47. The first-order chi connectivity index (χ1) is 16.7. The second-order valence-electron chi connectivity index (χ2n) is 8.53. The zero-order chi connectivity index (χ0) is 23.1. The molecule has 0 bridgehead atoms. The molecular formula is C25H27N7O2. The smallest absolute Gasteiger partial charge is 0.262 e. The zero-order valence-corrected chi connectivity index (χ0v) is 19.3. The molecule has 2 aliphatic rings. The lowest BCUT2D eigenvalue weighted by Gasteiger charge is -2.42. The number of rotatable bonds is 5. The number of piperazine rings is 1. The van der Waals surface area contributed by atoms with Crippen molar-refractivity contribution in [1.82, 2.24) is 24.7 Å². The fourth-order valence-electron chi connectivity index (χ4n) is 4.65. The first kappa shape index (κ1) is 20.8. The maximum atomic E-state index is 6.35. The Bertz CT molecular complexity index is 1320. The van der Waals surface area contributed by atoms with Crippen LogP contribution in [0.25, 0.3) is 10.9 Å². The Hall–Kier alpha value is -3.82. The summed E-state index contributed by atoms with van der Waals surface area (Å²) in [7, 11) is 3.78. The molecule has 1 saturated heterocycles. The highest BCUT2D eigenvalue weighted by Crippen LogP contribution is 2.48. The zero-order valence-electron chi connectivity index (χ0n) is 19.3. The van der Waals surface area contributed by atoms with Gasteiger partial charge in [0.25, 0.3) is 5.88 Å². The predicted molar refractivity (Wildman–Crippen MR) is 131 cm³/mol. The van der Waals surface area contributed by atoms with Crippen molar-refractivity contribution in [2.24, 2.45) is 0 Å². The van der Waals surface area contributed by atoms with Crippen molar-refractivity contribution in [1.29, 1.82) is 0 Å². The number of hydrazine groups is 1. The summed E-state index contributed by atoms with van der Waals surface area (Å²) in [6.07, 6.45) is 3.39. The van der Waals surface area contributed by atoms with Crippen LogP contribution in [0.2, 0.25) is 0 Å². The van der Waals surface area contributed by atoms with Crippen LogP contribution in [0.15, 0.2) is 67.0 Å². The van der Waals surface area contributed by atoms with E-state index in [1.807, 2.05) is 47.3 Å². The van der Waals surface area contributed by atoms with Crippen LogP contribution in [0.5, 0.6) is 17.4 Å². The molecule has 9 nitrogen and oxygen atoms in total. The number of hydrogen-bond acceptors (Lipinski definition) is 8. The third-order valence-corrected chi connectivity index (χ3v) is 6.43. The Morgan fingerprint density at radius 1 is 0.941 bits per heavy atom. The van der Waals surface area contributed by atoms with Crippen molar-refractivity contribution < 1.29 is 9.47 Å². The summed E-state index contributed by atoms with van der Waals surface area (Å²) >= 11 is 0. The molecule has 2 aromatic carbocycles. The van der Waals surface area contributed by atoms with E-state index >= 15 is 0 Å². The molecule has 2 aliphatic heterocycles. The monoisotopic (exact) mass is 457 g/mol. The van der Waals surface area contributed by atoms with Gasteiger partial charge in [0, 0.05) is 37.8 Å². The number of anilines is 2. The number of nitrogens with one attached hydrogen (secondary N) is 1. The molecule has 1 N–H and O–H groups in total. The summed E-state index contributed by atoms with van der Waals surface area (Å²) in [5.74, 6) is 1.73. The van der Waals surface area contributed by atoms with Crippen LogP contribution in [-0.2, 0) is 0 Å². The number of pyridine rings is 1. The molecule has 4 heterocycles. The number of ether oxygens (including phenoxy) is 2. The number of nitrogens with zero attached hydrogens (tertiary/aromatic N) is 6. The topological polar surface area (TPSA) is 70.9 Å². The number of fused-ring (bicyclic) bond motifs is 2. The summed E-state index contributed by atoms with van der Waals surface area (Å²) in [6, 6.07) is 18.0. The van der Waals surface area contributed by atoms with Crippen LogP contribution in [0.4, 0.5) is 11.4 Å². The van der Waals surface area contributed by atoms with Crippen LogP contribution in [0.1, 0.15) is 6.29 Å². The highest BCUT2D eigenvalue weighted by Gasteiger charge is 2.39. The quantitative estimate of drug-likeness (QED) is 0.486. The van der Waals surface area contributed by atoms with Gasteiger partial charge in [-0.05, 0) is 37.4 Å². The molecule has 174 valence electrons. The standard InChI is InChI=1S/C25H27N7O2/c1-29-13-15-30(16-14-29)32-23-19(28-25(32)31-20-9-4-3-7-18(20)17-27-31)8-5-10-21(23)34-24-22(33-2)11-6-12-26-24/h3-12,17,25,28H,13-16H2,1-2H3. The van der Waals surface area contributed by atoms with E-state index in [1.165, 1.54) is 0 Å². The van der Waals surface area contributed by atoms with Crippen molar-refractivity contribution in [3.05, 3.63) is 67.0 Å². The first-order valence-corrected chi connectivity index (χ1v) is 11.4. The van der Waals surface area contributed by atoms with Gasteiger partial charge in [-0.25, -0.2) is 14.7 Å². The van der Waals surface area contributed by atoms with Crippen LogP contribution in [0, 0.1) is 0 Å². The van der Waals surface area contributed by atoms with E-state index in [-0.39, 0.29) is 6.29 Å². The van der Waals surface area contributed by atoms with Crippen molar-refractivity contribution in [3.63, 3.8) is 0 Å². The van der Waals surface area contributed by atoms with E-state index in [9.17, 15) is 0 Å². The van der Waals surface area contributed by atoms with Crippen LogP contribution >= 0.6 is 0 Å². The van der Waals surface area contributed by atoms with Gasteiger partial charge >= 0.3 is 0 Å². The van der Waals surface area contributed by atoms with Gasteiger partial charge in [0.1, 0.15) is 5.69 Å². The van der Waals surface area contributed by atoms with E-state index in [2.05, 4.69) is 50.5 Å². The SMILES string of the molecule is COc1cccnc1Oc1cccc2c1N(N1CCN(C)CC1)C(n1ncc3ccccc31)N2. The molecule has 34 heavy (non-hydrogen) atoms. The van der Waals surface area contributed by atoms with Crippen molar-refractivity contribution in [3.8, 4) is 17.4 Å². The number of benzene rings is 2. The highest BCUT2D eigenvalue weighted by atomic mass is 16.5. The minimum absolute atomic E-state index is 0.228. The average molecular weight is 458 g/mol. The van der Waals surface area contributed by atoms with E-state index in [0.29, 0.717) is 17.4 Å². The van der Waals surface area contributed by atoms with Gasteiger partial charge in [-0.15, -0.1) is 0 Å². The molecule has 1 fully saturated rings. The van der Waals surface area contributed by atoms with E-state index in [0.717, 1.165) is 48.5 Å². The summed E-state index contributed by atoms with van der Waals surface area (Å²) in [4.78, 5) is 6.75. The predicted octanol–water partition coefficient (Wildman–Crippen LogP) is 3.78. The molecule has 0 radical (unpaired) electrons. The van der Waals surface area contributed by atoms with Crippen LogP contribution < -0.4 is 19.8 Å². The third-order valence-electron chi connectivity index (χ3n) is 6.43. The summed E-state index contributed by atoms with van der Waals surface area (Å²) in [6.45, 7) is 3.76. The third kappa shape index (κ3) is 3.49. The van der Waals surface area contributed by atoms with Gasteiger partial charge < -0.3 is 19.7 Å². The highest BCUT2D eigenvalue weighted by molar-refractivity contribution is 5.83. The molecule has 2 aromatic heterocycles.